The first-order valence-electron chi connectivity index (χ1n) is 6.87. The highest BCUT2D eigenvalue weighted by Gasteiger charge is 2.30. The van der Waals surface area contributed by atoms with Crippen molar-refractivity contribution in [1.82, 2.24) is 0 Å². The molecule has 0 amide bonds. The average molecular weight is 231 g/mol. The first-order chi connectivity index (χ1) is 7.99. The van der Waals surface area contributed by atoms with Crippen molar-refractivity contribution in [3.8, 4) is 0 Å². The number of aryl methyl sites for hydroxylation is 2. The number of benzene rings is 1. The Bertz CT molecular complexity index is 376. The highest BCUT2D eigenvalue weighted by molar-refractivity contribution is 5.33. The van der Waals surface area contributed by atoms with Gasteiger partial charge in [0, 0.05) is 5.54 Å². The Balaban J connectivity index is 2.29. The number of rotatable bonds is 1. The van der Waals surface area contributed by atoms with Crippen molar-refractivity contribution >= 4 is 0 Å². The maximum atomic E-state index is 6.68. The van der Waals surface area contributed by atoms with Gasteiger partial charge < -0.3 is 5.73 Å². The van der Waals surface area contributed by atoms with Crippen molar-refractivity contribution in [2.24, 2.45) is 11.7 Å². The molecule has 1 nitrogen and oxygen atoms in total. The van der Waals surface area contributed by atoms with Gasteiger partial charge in [-0.15, -0.1) is 0 Å². The fourth-order valence-corrected chi connectivity index (χ4v) is 3.09. The summed E-state index contributed by atoms with van der Waals surface area (Å²) in [5, 5.41) is 0. The smallest absolute Gasteiger partial charge is 0.0409 e. The van der Waals surface area contributed by atoms with Crippen LogP contribution in [0.1, 0.15) is 55.7 Å². The minimum Gasteiger partial charge on any atom is -0.321 e. The van der Waals surface area contributed by atoms with Crippen LogP contribution in [0.5, 0.6) is 0 Å². The highest BCUT2D eigenvalue weighted by atomic mass is 14.7. The molecular formula is C16H25N. The van der Waals surface area contributed by atoms with Crippen LogP contribution in [0.2, 0.25) is 0 Å². The van der Waals surface area contributed by atoms with Gasteiger partial charge in [0.05, 0.1) is 0 Å². The highest BCUT2D eigenvalue weighted by Crippen LogP contribution is 2.36. The van der Waals surface area contributed by atoms with Crippen molar-refractivity contribution in [2.45, 2.75) is 58.4 Å². The zero-order chi connectivity index (χ0) is 12.5. The van der Waals surface area contributed by atoms with Crippen LogP contribution in [0.15, 0.2) is 18.2 Å². The van der Waals surface area contributed by atoms with E-state index in [0.29, 0.717) is 0 Å². The summed E-state index contributed by atoms with van der Waals surface area (Å²) in [5.41, 5.74) is 10.6. The molecule has 0 saturated heterocycles. The molecule has 2 unspecified atom stereocenters. The molecule has 17 heavy (non-hydrogen) atoms. The summed E-state index contributed by atoms with van der Waals surface area (Å²) >= 11 is 0. The summed E-state index contributed by atoms with van der Waals surface area (Å²) in [6, 6.07) is 6.79. The van der Waals surface area contributed by atoms with Crippen molar-refractivity contribution in [1.29, 1.82) is 0 Å². The van der Waals surface area contributed by atoms with Crippen molar-refractivity contribution < 1.29 is 0 Å². The van der Waals surface area contributed by atoms with Crippen LogP contribution < -0.4 is 5.73 Å². The number of hydrogen-bond acceptors (Lipinski definition) is 1. The molecule has 0 radical (unpaired) electrons. The van der Waals surface area contributed by atoms with E-state index in [4.69, 9.17) is 5.73 Å². The van der Waals surface area contributed by atoms with E-state index in [1.807, 2.05) is 0 Å². The van der Waals surface area contributed by atoms with E-state index < -0.39 is 0 Å². The molecule has 2 rings (SSSR count). The lowest BCUT2D eigenvalue weighted by atomic mass is 9.82. The standard InChI is InChI=1S/C16H25N/c1-12-5-4-7-16(17,8-6-12)15-10-13(2)9-14(3)11-15/h9-12H,4-8,17H2,1-3H3. The lowest BCUT2D eigenvalue weighted by Gasteiger charge is -2.29. The lowest BCUT2D eigenvalue weighted by molar-refractivity contribution is 0.378. The van der Waals surface area contributed by atoms with E-state index in [1.165, 1.54) is 36.0 Å². The Labute approximate surface area is 105 Å². The second-order valence-corrected chi connectivity index (χ2v) is 6.07. The van der Waals surface area contributed by atoms with Crippen molar-refractivity contribution in [3.63, 3.8) is 0 Å². The van der Waals surface area contributed by atoms with E-state index in [1.54, 1.807) is 0 Å². The minimum atomic E-state index is -0.0818. The van der Waals surface area contributed by atoms with Gasteiger partial charge in [-0.2, -0.15) is 0 Å². The van der Waals surface area contributed by atoms with Gasteiger partial charge in [-0.05, 0) is 44.6 Å². The molecule has 0 aromatic heterocycles. The second kappa shape index (κ2) is 4.81. The van der Waals surface area contributed by atoms with Crippen molar-refractivity contribution in [3.05, 3.63) is 34.9 Å². The predicted octanol–water partition coefficient (Wildman–Crippen LogP) is 4.06. The Kier molecular flexibility index (Phi) is 3.58. The zero-order valence-corrected chi connectivity index (χ0v) is 11.4. The third-order valence-electron chi connectivity index (χ3n) is 4.20. The molecule has 1 fully saturated rings. The maximum absolute atomic E-state index is 6.68. The monoisotopic (exact) mass is 231 g/mol. The summed E-state index contributed by atoms with van der Waals surface area (Å²) < 4.78 is 0. The van der Waals surface area contributed by atoms with E-state index in [9.17, 15) is 0 Å². The van der Waals surface area contributed by atoms with Crippen LogP contribution in [-0.2, 0) is 5.54 Å². The number of nitrogens with two attached hydrogens (primary N) is 1. The molecular weight excluding hydrogens is 206 g/mol. The summed E-state index contributed by atoms with van der Waals surface area (Å²) in [5.74, 6) is 0.839. The molecule has 1 aliphatic rings. The van der Waals surface area contributed by atoms with E-state index >= 15 is 0 Å². The van der Waals surface area contributed by atoms with Crippen LogP contribution in [0.25, 0.3) is 0 Å². The minimum absolute atomic E-state index is 0.0818. The van der Waals surface area contributed by atoms with Gasteiger partial charge >= 0.3 is 0 Å². The Hall–Kier alpha value is -0.820. The SMILES string of the molecule is Cc1cc(C)cc(C2(N)CCCC(C)CC2)c1. The quantitative estimate of drug-likeness (QED) is 0.725. The summed E-state index contributed by atoms with van der Waals surface area (Å²) in [4.78, 5) is 0. The molecule has 0 bridgehead atoms. The molecule has 0 aliphatic heterocycles. The van der Waals surface area contributed by atoms with Crippen molar-refractivity contribution in [2.75, 3.05) is 0 Å². The molecule has 1 heteroatoms. The molecule has 0 heterocycles. The van der Waals surface area contributed by atoms with Gasteiger partial charge in [-0.1, -0.05) is 49.1 Å². The molecule has 2 N–H and O–H groups in total. The Morgan fingerprint density at radius 2 is 1.71 bits per heavy atom. The lowest BCUT2D eigenvalue weighted by Crippen LogP contribution is -2.36. The first kappa shape index (κ1) is 12.6. The maximum Gasteiger partial charge on any atom is 0.0409 e. The van der Waals surface area contributed by atoms with Gasteiger partial charge in [-0.3, -0.25) is 0 Å². The normalized spacial score (nSPS) is 30.0. The molecule has 1 aromatic rings. The zero-order valence-electron chi connectivity index (χ0n) is 11.4. The molecule has 2 atom stereocenters. The van der Waals surface area contributed by atoms with Crippen LogP contribution in [0.3, 0.4) is 0 Å². The average Bonchev–Trinajstić information content (AvgIpc) is 2.41. The van der Waals surface area contributed by atoms with Crippen LogP contribution in [-0.4, -0.2) is 0 Å². The van der Waals surface area contributed by atoms with Gasteiger partial charge in [0.25, 0.3) is 0 Å². The fraction of sp³-hybridized carbons (Fsp3) is 0.625. The Morgan fingerprint density at radius 1 is 1.06 bits per heavy atom. The molecule has 1 aromatic carbocycles. The van der Waals surface area contributed by atoms with E-state index in [0.717, 1.165) is 18.8 Å². The van der Waals surface area contributed by atoms with Gasteiger partial charge in [0.15, 0.2) is 0 Å². The van der Waals surface area contributed by atoms with Gasteiger partial charge in [0.2, 0.25) is 0 Å². The topological polar surface area (TPSA) is 26.0 Å². The van der Waals surface area contributed by atoms with E-state index in [-0.39, 0.29) is 5.54 Å². The van der Waals surface area contributed by atoms with Crippen LogP contribution in [0.4, 0.5) is 0 Å². The van der Waals surface area contributed by atoms with Crippen LogP contribution in [0, 0.1) is 19.8 Å². The Morgan fingerprint density at radius 3 is 2.35 bits per heavy atom. The second-order valence-electron chi connectivity index (χ2n) is 6.07. The molecule has 94 valence electrons. The molecule has 1 saturated carbocycles. The largest absolute Gasteiger partial charge is 0.321 e. The summed E-state index contributed by atoms with van der Waals surface area (Å²) in [7, 11) is 0. The molecule has 1 aliphatic carbocycles. The molecule has 0 spiro atoms. The third kappa shape index (κ3) is 2.90. The summed E-state index contributed by atoms with van der Waals surface area (Å²) in [6.45, 7) is 6.69. The number of hydrogen-bond donors (Lipinski definition) is 1. The van der Waals surface area contributed by atoms with Crippen LogP contribution >= 0.6 is 0 Å². The predicted molar refractivity (Wildman–Crippen MR) is 74.0 cm³/mol. The van der Waals surface area contributed by atoms with E-state index in [2.05, 4.69) is 39.0 Å². The fourth-order valence-electron chi connectivity index (χ4n) is 3.09. The summed E-state index contributed by atoms with van der Waals surface area (Å²) in [6.07, 6.45) is 6.15. The van der Waals surface area contributed by atoms with Gasteiger partial charge in [-0.25, -0.2) is 0 Å². The first-order valence-corrected chi connectivity index (χ1v) is 6.87. The van der Waals surface area contributed by atoms with Gasteiger partial charge in [0.1, 0.15) is 0 Å². The third-order valence-corrected chi connectivity index (χ3v) is 4.20.